The van der Waals surface area contributed by atoms with Gasteiger partial charge >= 0.3 is 5.97 Å². The highest BCUT2D eigenvalue weighted by Gasteiger charge is 2.49. The molecule has 0 aromatic heterocycles. The van der Waals surface area contributed by atoms with Crippen LogP contribution in [0.4, 0.5) is 0 Å². The number of likely N-dealkylation sites (tertiary alicyclic amines) is 1. The van der Waals surface area contributed by atoms with Crippen LogP contribution in [0, 0.1) is 5.92 Å². The maximum absolute atomic E-state index is 12.4. The lowest BCUT2D eigenvalue weighted by Gasteiger charge is -2.36. The summed E-state index contributed by atoms with van der Waals surface area (Å²) in [6.45, 7) is 6.47. The fourth-order valence-electron chi connectivity index (χ4n) is 3.01. The number of carbonyl (C=O) groups excluding carboxylic acids is 1. The van der Waals surface area contributed by atoms with Crippen LogP contribution in [-0.4, -0.2) is 40.0 Å². The first-order chi connectivity index (χ1) is 8.85. The molecular formula is C14H26N2O3. The number of nitrogens with zero attached hydrogens (tertiary/aromatic N) is 1. The molecule has 1 heterocycles. The molecule has 1 unspecified atom stereocenters. The predicted molar refractivity (Wildman–Crippen MR) is 73.7 cm³/mol. The number of carboxylic acids is 1. The average molecular weight is 270 g/mol. The second-order valence-corrected chi connectivity index (χ2v) is 5.92. The first kappa shape index (κ1) is 16.0. The molecule has 1 saturated heterocycles. The van der Waals surface area contributed by atoms with E-state index in [1.165, 1.54) is 4.90 Å². The molecule has 0 aromatic carbocycles. The summed E-state index contributed by atoms with van der Waals surface area (Å²) >= 11 is 0. The Hall–Kier alpha value is -1.10. The zero-order valence-corrected chi connectivity index (χ0v) is 12.2. The Kier molecular flexibility index (Phi) is 5.35. The molecule has 2 atom stereocenters. The zero-order valence-electron chi connectivity index (χ0n) is 12.2. The zero-order chi connectivity index (χ0) is 14.6. The second kappa shape index (κ2) is 6.37. The Bertz CT molecular complexity index is 344. The SMILES string of the molecule is CCCC1(C(=O)O)CCCN1C(=O)[C@H](N)CC(C)C. The van der Waals surface area contributed by atoms with Crippen LogP contribution in [0.3, 0.4) is 0 Å². The van der Waals surface area contributed by atoms with Crippen LogP contribution in [0.2, 0.25) is 0 Å². The van der Waals surface area contributed by atoms with Gasteiger partial charge in [0.2, 0.25) is 5.91 Å². The molecular weight excluding hydrogens is 244 g/mol. The average Bonchev–Trinajstić information content (AvgIpc) is 2.72. The summed E-state index contributed by atoms with van der Waals surface area (Å²) in [5.74, 6) is -0.772. The van der Waals surface area contributed by atoms with Gasteiger partial charge in [-0.25, -0.2) is 4.79 Å². The van der Waals surface area contributed by atoms with E-state index < -0.39 is 17.6 Å². The number of aliphatic carboxylic acids is 1. The van der Waals surface area contributed by atoms with Crippen molar-refractivity contribution in [2.75, 3.05) is 6.54 Å². The van der Waals surface area contributed by atoms with Crippen LogP contribution >= 0.6 is 0 Å². The number of rotatable bonds is 6. The number of carboxylic acid groups (broad SMARTS) is 1. The third kappa shape index (κ3) is 3.26. The molecule has 0 radical (unpaired) electrons. The van der Waals surface area contributed by atoms with Crippen LogP contribution in [0.15, 0.2) is 0 Å². The highest BCUT2D eigenvalue weighted by molar-refractivity contribution is 5.90. The smallest absolute Gasteiger partial charge is 0.329 e. The van der Waals surface area contributed by atoms with Crippen molar-refractivity contribution < 1.29 is 14.7 Å². The normalized spacial score (nSPS) is 24.8. The number of nitrogens with two attached hydrogens (primary N) is 1. The van der Waals surface area contributed by atoms with Crippen LogP contribution < -0.4 is 5.73 Å². The number of amides is 1. The van der Waals surface area contributed by atoms with E-state index in [1.807, 2.05) is 20.8 Å². The molecule has 1 fully saturated rings. The predicted octanol–water partition coefficient (Wildman–Crippen LogP) is 1.61. The number of hydrogen-bond donors (Lipinski definition) is 2. The molecule has 1 aliphatic rings. The third-order valence-electron chi connectivity index (χ3n) is 3.86. The molecule has 110 valence electrons. The van der Waals surface area contributed by atoms with Gasteiger partial charge in [0, 0.05) is 6.54 Å². The molecule has 19 heavy (non-hydrogen) atoms. The van der Waals surface area contributed by atoms with E-state index in [-0.39, 0.29) is 5.91 Å². The fourth-order valence-corrected chi connectivity index (χ4v) is 3.01. The molecule has 1 aliphatic heterocycles. The van der Waals surface area contributed by atoms with Gasteiger partial charge in [-0.15, -0.1) is 0 Å². The lowest BCUT2D eigenvalue weighted by molar-refractivity contribution is -0.157. The van der Waals surface area contributed by atoms with E-state index in [2.05, 4.69) is 0 Å². The summed E-state index contributed by atoms with van der Waals surface area (Å²) in [5.41, 5.74) is 4.90. The van der Waals surface area contributed by atoms with Crippen molar-refractivity contribution in [2.45, 2.75) is 64.5 Å². The minimum atomic E-state index is -1.03. The van der Waals surface area contributed by atoms with Crippen molar-refractivity contribution in [3.05, 3.63) is 0 Å². The van der Waals surface area contributed by atoms with Gasteiger partial charge in [-0.2, -0.15) is 0 Å². The summed E-state index contributed by atoms with van der Waals surface area (Å²) in [4.78, 5) is 25.6. The van der Waals surface area contributed by atoms with Gasteiger partial charge in [0.25, 0.3) is 0 Å². The van der Waals surface area contributed by atoms with Gasteiger partial charge < -0.3 is 15.7 Å². The van der Waals surface area contributed by atoms with E-state index in [4.69, 9.17) is 5.73 Å². The summed E-state index contributed by atoms with van der Waals surface area (Å²) in [5, 5.41) is 9.54. The van der Waals surface area contributed by atoms with E-state index in [0.29, 0.717) is 31.7 Å². The quantitative estimate of drug-likeness (QED) is 0.768. The molecule has 1 amide bonds. The van der Waals surface area contributed by atoms with Crippen LogP contribution in [0.25, 0.3) is 0 Å². The van der Waals surface area contributed by atoms with Crippen molar-refractivity contribution in [3.63, 3.8) is 0 Å². The summed E-state index contributed by atoms with van der Waals surface area (Å²) in [6, 6.07) is -0.589. The highest BCUT2D eigenvalue weighted by atomic mass is 16.4. The fraction of sp³-hybridized carbons (Fsp3) is 0.857. The Morgan fingerprint density at radius 1 is 1.42 bits per heavy atom. The topological polar surface area (TPSA) is 83.6 Å². The first-order valence-corrected chi connectivity index (χ1v) is 7.15. The Labute approximate surface area is 115 Å². The minimum Gasteiger partial charge on any atom is -0.479 e. The maximum atomic E-state index is 12.4. The first-order valence-electron chi connectivity index (χ1n) is 7.15. The van der Waals surface area contributed by atoms with Crippen molar-refractivity contribution in [1.29, 1.82) is 0 Å². The standard InChI is InChI=1S/C14H26N2O3/c1-4-6-14(13(18)19)7-5-8-16(14)12(17)11(15)9-10(2)3/h10-11H,4-9,15H2,1-3H3,(H,18,19)/t11-,14?/m1/s1. The van der Waals surface area contributed by atoms with E-state index in [0.717, 1.165) is 12.8 Å². The maximum Gasteiger partial charge on any atom is 0.329 e. The van der Waals surface area contributed by atoms with Crippen LogP contribution in [0.5, 0.6) is 0 Å². The van der Waals surface area contributed by atoms with Gasteiger partial charge in [-0.1, -0.05) is 27.2 Å². The van der Waals surface area contributed by atoms with Gasteiger partial charge in [0.1, 0.15) is 5.54 Å². The largest absolute Gasteiger partial charge is 0.479 e. The van der Waals surface area contributed by atoms with E-state index >= 15 is 0 Å². The molecule has 0 aromatic rings. The second-order valence-electron chi connectivity index (χ2n) is 5.92. The molecule has 5 nitrogen and oxygen atoms in total. The molecule has 0 spiro atoms. The Balaban J connectivity index is 2.90. The third-order valence-corrected chi connectivity index (χ3v) is 3.86. The van der Waals surface area contributed by atoms with Gasteiger partial charge in [-0.3, -0.25) is 4.79 Å². The van der Waals surface area contributed by atoms with Gasteiger partial charge in [0.15, 0.2) is 0 Å². The van der Waals surface area contributed by atoms with E-state index in [9.17, 15) is 14.7 Å². The highest BCUT2D eigenvalue weighted by Crippen LogP contribution is 2.34. The monoisotopic (exact) mass is 270 g/mol. The van der Waals surface area contributed by atoms with Crippen molar-refractivity contribution in [3.8, 4) is 0 Å². The molecule has 0 saturated carbocycles. The van der Waals surface area contributed by atoms with Crippen LogP contribution in [-0.2, 0) is 9.59 Å². The summed E-state index contributed by atoms with van der Waals surface area (Å²) in [7, 11) is 0. The minimum absolute atomic E-state index is 0.206. The summed E-state index contributed by atoms with van der Waals surface area (Å²) in [6.07, 6.45) is 3.12. The van der Waals surface area contributed by atoms with Gasteiger partial charge in [-0.05, 0) is 31.6 Å². The molecule has 3 N–H and O–H groups in total. The Morgan fingerprint density at radius 2 is 2.05 bits per heavy atom. The summed E-state index contributed by atoms with van der Waals surface area (Å²) < 4.78 is 0. The van der Waals surface area contributed by atoms with Crippen LogP contribution in [0.1, 0.15) is 52.9 Å². The van der Waals surface area contributed by atoms with Crippen molar-refractivity contribution in [1.82, 2.24) is 4.90 Å². The Morgan fingerprint density at radius 3 is 2.53 bits per heavy atom. The molecule has 1 rings (SSSR count). The van der Waals surface area contributed by atoms with E-state index in [1.54, 1.807) is 0 Å². The lowest BCUT2D eigenvalue weighted by atomic mass is 9.90. The lowest BCUT2D eigenvalue weighted by Crippen LogP contribution is -2.57. The molecule has 0 aliphatic carbocycles. The number of hydrogen-bond acceptors (Lipinski definition) is 3. The van der Waals surface area contributed by atoms with Crippen molar-refractivity contribution >= 4 is 11.9 Å². The molecule has 0 bridgehead atoms. The van der Waals surface area contributed by atoms with Crippen molar-refractivity contribution in [2.24, 2.45) is 11.7 Å². The number of carbonyl (C=O) groups is 2. The van der Waals surface area contributed by atoms with Gasteiger partial charge in [0.05, 0.1) is 6.04 Å². The molecule has 5 heteroatoms.